The highest BCUT2D eigenvalue weighted by atomic mass is 19.1. The standard InChI is InChI=1S/C16H18FN3O3/c1-2-12-8-19(5-6-23-12)15(21)9-20-10-18-14-4-3-11(17)7-13(14)16(20)22/h3-4,7,10,12H,2,5-6,8-9H2,1H3. The van der Waals surface area contributed by atoms with Crippen molar-refractivity contribution in [3.05, 3.63) is 40.7 Å². The van der Waals surface area contributed by atoms with Crippen LogP contribution in [-0.2, 0) is 16.1 Å². The second-order valence-electron chi connectivity index (χ2n) is 5.58. The van der Waals surface area contributed by atoms with E-state index in [0.29, 0.717) is 25.2 Å². The number of fused-ring (bicyclic) bond motifs is 1. The Morgan fingerprint density at radius 2 is 2.30 bits per heavy atom. The van der Waals surface area contributed by atoms with Crippen molar-refractivity contribution >= 4 is 16.8 Å². The van der Waals surface area contributed by atoms with E-state index in [0.717, 1.165) is 12.5 Å². The van der Waals surface area contributed by atoms with Crippen molar-refractivity contribution in [1.82, 2.24) is 14.5 Å². The van der Waals surface area contributed by atoms with Crippen molar-refractivity contribution in [2.45, 2.75) is 26.0 Å². The van der Waals surface area contributed by atoms with E-state index in [4.69, 9.17) is 4.74 Å². The van der Waals surface area contributed by atoms with Crippen LogP contribution in [0, 0.1) is 5.82 Å². The number of morpholine rings is 1. The molecule has 0 N–H and O–H groups in total. The molecule has 1 aliphatic heterocycles. The van der Waals surface area contributed by atoms with Crippen molar-refractivity contribution in [2.24, 2.45) is 0 Å². The third-order valence-corrected chi connectivity index (χ3v) is 4.04. The molecule has 122 valence electrons. The SMILES string of the molecule is CCC1CN(C(=O)Cn2cnc3ccc(F)cc3c2=O)CCO1. The molecule has 0 saturated carbocycles. The quantitative estimate of drug-likeness (QED) is 0.852. The highest BCUT2D eigenvalue weighted by Gasteiger charge is 2.23. The first-order valence-electron chi connectivity index (χ1n) is 7.62. The van der Waals surface area contributed by atoms with Gasteiger partial charge in [0.05, 0.1) is 29.9 Å². The van der Waals surface area contributed by atoms with E-state index in [-0.39, 0.29) is 23.9 Å². The molecule has 1 unspecified atom stereocenters. The Kier molecular flexibility index (Phi) is 4.38. The lowest BCUT2D eigenvalue weighted by atomic mass is 10.2. The summed E-state index contributed by atoms with van der Waals surface area (Å²) in [4.78, 5) is 30.6. The molecule has 0 spiro atoms. The van der Waals surface area contributed by atoms with Crippen LogP contribution in [0.2, 0.25) is 0 Å². The summed E-state index contributed by atoms with van der Waals surface area (Å²) in [6.07, 6.45) is 2.20. The first-order chi connectivity index (χ1) is 11.1. The molecule has 7 heteroatoms. The monoisotopic (exact) mass is 319 g/mol. The molecule has 1 aliphatic rings. The fraction of sp³-hybridized carbons (Fsp3) is 0.438. The number of carbonyl (C=O) groups is 1. The van der Waals surface area contributed by atoms with Gasteiger partial charge >= 0.3 is 0 Å². The lowest BCUT2D eigenvalue weighted by molar-refractivity contribution is -0.139. The molecular weight excluding hydrogens is 301 g/mol. The minimum Gasteiger partial charge on any atom is -0.375 e. The number of nitrogens with zero attached hydrogens (tertiary/aromatic N) is 3. The summed E-state index contributed by atoms with van der Waals surface area (Å²) in [5, 5.41) is 0.175. The summed E-state index contributed by atoms with van der Waals surface area (Å²) >= 11 is 0. The second kappa shape index (κ2) is 6.45. The van der Waals surface area contributed by atoms with E-state index >= 15 is 0 Å². The number of rotatable bonds is 3. The van der Waals surface area contributed by atoms with E-state index in [2.05, 4.69) is 4.98 Å². The molecule has 2 aromatic rings. The first kappa shape index (κ1) is 15.6. The summed E-state index contributed by atoms with van der Waals surface area (Å²) < 4.78 is 20.1. The van der Waals surface area contributed by atoms with E-state index in [1.165, 1.54) is 23.0 Å². The molecule has 1 amide bonds. The molecule has 0 aliphatic carbocycles. The van der Waals surface area contributed by atoms with Crippen molar-refractivity contribution < 1.29 is 13.9 Å². The predicted octanol–water partition coefficient (Wildman–Crippen LogP) is 1.17. The molecule has 1 aromatic carbocycles. The lowest BCUT2D eigenvalue weighted by Gasteiger charge is -2.32. The number of benzene rings is 1. The summed E-state index contributed by atoms with van der Waals surface area (Å²) in [5.41, 5.74) is 0.000620. The van der Waals surface area contributed by atoms with Gasteiger partial charge < -0.3 is 9.64 Å². The van der Waals surface area contributed by atoms with Gasteiger partial charge in [-0.25, -0.2) is 9.37 Å². The maximum Gasteiger partial charge on any atom is 0.261 e. The number of ether oxygens (including phenoxy) is 1. The molecule has 1 atom stereocenters. The van der Waals surface area contributed by atoms with Gasteiger partial charge in [-0.2, -0.15) is 0 Å². The zero-order chi connectivity index (χ0) is 16.4. The summed E-state index contributed by atoms with van der Waals surface area (Å²) in [6.45, 7) is 3.44. The third-order valence-electron chi connectivity index (χ3n) is 4.04. The average Bonchev–Trinajstić information content (AvgIpc) is 2.58. The molecule has 6 nitrogen and oxygen atoms in total. The lowest BCUT2D eigenvalue weighted by Crippen LogP contribution is -2.47. The maximum absolute atomic E-state index is 13.3. The van der Waals surface area contributed by atoms with Gasteiger partial charge in [-0.05, 0) is 24.6 Å². The normalized spacial score (nSPS) is 18.3. The largest absolute Gasteiger partial charge is 0.375 e. The van der Waals surface area contributed by atoms with Gasteiger partial charge in [0, 0.05) is 13.1 Å². The molecule has 3 rings (SSSR count). The number of carbonyl (C=O) groups excluding carboxylic acids is 1. The summed E-state index contributed by atoms with van der Waals surface area (Å²) in [7, 11) is 0. The van der Waals surface area contributed by atoms with Gasteiger partial charge in [-0.15, -0.1) is 0 Å². The van der Waals surface area contributed by atoms with Gasteiger partial charge in [-0.3, -0.25) is 14.2 Å². The third kappa shape index (κ3) is 3.24. The van der Waals surface area contributed by atoms with Crippen molar-refractivity contribution in [3.8, 4) is 0 Å². The van der Waals surface area contributed by atoms with Crippen molar-refractivity contribution in [3.63, 3.8) is 0 Å². The van der Waals surface area contributed by atoms with E-state index < -0.39 is 11.4 Å². The number of hydrogen-bond acceptors (Lipinski definition) is 4. The fourth-order valence-corrected chi connectivity index (χ4v) is 2.68. The van der Waals surface area contributed by atoms with Gasteiger partial charge in [0.1, 0.15) is 12.4 Å². The Morgan fingerprint density at radius 1 is 1.48 bits per heavy atom. The molecule has 0 radical (unpaired) electrons. The van der Waals surface area contributed by atoms with Crippen molar-refractivity contribution in [1.29, 1.82) is 0 Å². The van der Waals surface area contributed by atoms with Crippen molar-refractivity contribution in [2.75, 3.05) is 19.7 Å². The summed E-state index contributed by atoms with van der Waals surface area (Å²) in [5.74, 6) is -0.661. The average molecular weight is 319 g/mol. The zero-order valence-corrected chi connectivity index (χ0v) is 12.9. The Morgan fingerprint density at radius 3 is 3.09 bits per heavy atom. The molecule has 1 aromatic heterocycles. The summed E-state index contributed by atoms with van der Waals surface area (Å²) in [6, 6.07) is 3.85. The molecule has 0 bridgehead atoms. The Labute approximate surface area is 132 Å². The van der Waals surface area contributed by atoms with Crippen LogP contribution in [0.5, 0.6) is 0 Å². The molecular formula is C16H18FN3O3. The maximum atomic E-state index is 13.3. The molecule has 1 saturated heterocycles. The molecule has 1 fully saturated rings. The highest BCUT2D eigenvalue weighted by molar-refractivity contribution is 5.79. The fourth-order valence-electron chi connectivity index (χ4n) is 2.68. The number of halogens is 1. The van der Waals surface area contributed by atoms with Gasteiger partial charge in [-0.1, -0.05) is 6.92 Å². The smallest absolute Gasteiger partial charge is 0.261 e. The minimum atomic E-state index is -0.501. The van der Waals surface area contributed by atoms with Crippen LogP contribution >= 0.6 is 0 Å². The van der Waals surface area contributed by atoms with E-state index in [1.807, 2.05) is 6.92 Å². The van der Waals surface area contributed by atoms with Gasteiger partial charge in [0.15, 0.2) is 0 Å². The van der Waals surface area contributed by atoms with Crippen LogP contribution in [0.4, 0.5) is 4.39 Å². The predicted molar refractivity (Wildman–Crippen MR) is 82.6 cm³/mol. The molecule has 23 heavy (non-hydrogen) atoms. The van der Waals surface area contributed by atoms with Crippen LogP contribution < -0.4 is 5.56 Å². The van der Waals surface area contributed by atoms with Gasteiger partial charge in [0.25, 0.3) is 5.56 Å². The van der Waals surface area contributed by atoms with E-state index in [1.54, 1.807) is 4.90 Å². The molecule has 2 heterocycles. The van der Waals surface area contributed by atoms with Crippen LogP contribution in [0.3, 0.4) is 0 Å². The second-order valence-corrected chi connectivity index (χ2v) is 5.58. The van der Waals surface area contributed by atoms with Gasteiger partial charge in [0.2, 0.25) is 5.91 Å². The topological polar surface area (TPSA) is 64.4 Å². The first-order valence-corrected chi connectivity index (χ1v) is 7.62. The highest BCUT2D eigenvalue weighted by Crippen LogP contribution is 2.10. The number of amides is 1. The Balaban J connectivity index is 1.82. The van der Waals surface area contributed by atoms with Crippen LogP contribution in [0.1, 0.15) is 13.3 Å². The van der Waals surface area contributed by atoms with Crippen LogP contribution in [0.25, 0.3) is 10.9 Å². The Hall–Kier alpha value is -2.28. The van der Waals surface area contributed by atoms with E-state index in [9.17, 15) is 14.0 Å². The Bertz CT molecular complexity index is 790. The number of aromatic nitrogens is 2. The zero-order valence-electron chi connectivity index (χ0n) is 12.9. The minimum absolute atomic E-state index is 0.0354. The van der Waals surface area contributed by atoms with Crippen LogP contribution in [-0.4, -0.2) is 46.2 Å². The number of hydrogen-bond donors (Lipinski definition) is 0. The van der Waals surface area contributed by atoms with Crippen LogP contribution in [0.15, 0.2) is 29.3 Å².